The average molecular weight is 550 g/mol. The van der Waals surface area contributed by atoms with E-state index in [1.165, 1.54) is 6.07 Å². The van der Waals surface area contributed by atoms with Gasteiger partial charge in [-0.2, -0.15) is 5.10 Å². The Labute approximate surface area is 226 Å². The van der Waals surface area contributed by atoms with Crippen molar-refractivity contribution in [2.24, 2.45) is 0 Å². The van der Waals surface area contributed by atoms with E-state index in [4.69, 9.17) is 16.3 Å². The van der Waals surface area contributed by atoms with Gasteiger partial charge >= 0.3 is 6.03 Å². The molecule has 3 atom stereocenters. The van der Waals surface area contributed by atoms with Gasteiger partial charge in [0.1, 0.15) is 5.02 Å². The average Bonchev–Trinajstić information content (AvgIpc) is 3.40. The highest BCUT2D eigenvalue weighted by Crippen LogP contribution is 2.34. The summed E-state index contributed by atoms with van der Waals surface area (Å²) in [4.78, 5) is 15.4. The lowest BCUT2D eigenvalue weighted by Crippen LogP contribution is -2.42. The summed E-state index contributed by atoms with van der Waals surface area (Å²) < 4.78 is 34.5. The zero-order valence-electron chi connectivity index (χ0n) is 21.8. The SMILES string of the molecule is COCCN1C[C@@H](NC(=O)Nc2c(Cl)c(CC(C)(C)O)nn2C2C=CC=CC2)[C@H](c2ccc(F)c(F)c2)C1. The van der Waals surface area contributed by atoms with Gasteiger partial charge in [-0.15, -0.1) is 0 Å². The van der Waals surface area contributed by atoms with E-state index in [1.807, 2.05) is 24.3 Å². The fourth-order valence-corrected chi connectivity index (χ4v) is 5.15. The first-order valence-corrected chi connectivity index (χ1v) is 13.0. The van der Waals surface area contributed by atoms with E-state index in [-0.39, 0.29) is 29.4 Å². The highest BCUT2D eigenvalue weighted by Gasteiger charge is 2.36. The van der Waals surface area contributed by atoms with Gasteiger partial charge in [0, 0.05) is 39.1 Å². The van der Waals surface area contributed by atoms with Crippen molar-refractivity contribution in [1.82, 2.24) is 20.0 Å². The number of urea groups is 1. The van der Waals surface area contributed by atoms with Gasteiger partial charge in [-0.1, -0.05) is 42.0 Å². The molecule has 1 aliphatic carbocycles. The van der Waals surface area contributed by atoms with Crippen LogP contribution in [0.5, 0.6) is 0 Å². The second kappa shape index (κ2) is 11.9. The minimum Gasteiger partial charge on any atom is -0.390 e. The van der Waals surface area contributed by atoms with Gasteiger partial charge in [0.2, 0.25) is 0 Å². The molecule has 0 bridgehead atoms. The Kier molecular flexibility index (Phi) is 8.87. The first-order valence-electron chi connectivity index (χ1n) is 12.6. The largest absolute Gasteiger partial charge is 0.390 e. The molecular weight excluding hydrogens is 516 g/mol. The molecule has 1 aliphatic heterocycles. The number of methoxy groups -OCH3 is 1. The normalized spacial score (nSPS) is 21.7. The summed E-state index contributed by atoms with van der Waals surface area (Å²) in [5.41, 5.74) is 0.0325. The van der Waals surface area contributed by atoms with Crippen LogP contribution in [-0.2, 0) is 11.2 Å². The zero-order valence-corrected chi connectivity index (χ0v) is 22.5. The third-order valence-corrected chi connectivity index (χ3v) is 7.12. The number of ether oxygens (including phenoxy) is 1. The Morgan fingerprint density at radius 2 is 2.05 bits per heavy atom. The van der Waals surface area contributed by atoms with Crippen LogP contribution in [0.1, 0.15) is 43.5 Å². The Balaban J connectivity index is 1.56. The number of amides is 2. The molecule has 2 aromatic rings. The number of halogens is 3. The van der Waals surface area contributed by atoms with Crippen LogP contribution in [0.15, 0.2) is 42.5 Å². The number of nitrogens with zero attached hydrogens (tertiary/aromatic N) is 3. The Morgan fingerprint density at radius 3 is 2.71 bits per heavy atom. The van der Waals surface area contributed by atoms with Gasteiger partial charge in [0.25, 0.3) is 0 Å². The summed E-state index contributed by atoms with van der Waals surface area (Å²) in [7, 11) is 1.61. The summed E-state index contributed by atoms with van der Waals surface area (Å²) in [5, 5.41) is 21.1. The molecule has 0 saturated carbocycles. The summed E-state index contributed by atoms with van der Waals surface area (Å²) in [6.45, 7) is 5.53. The fraction of sp³-hybridized carbons (Fsp3) is 0.481. The van der Waals surface area contributed by atoms with Crippen LogP contribution in [0.2, 0.25) is 5.02 Å². The molecule has 0 radical (unpaired) electrons. The third kappa shape index (κ3) is 6.79. The topological polar surface area (TPSA) is 91.7 Å². The number of benzene rings is 1. The maximum atomic E-state index is 14.0. The van der Waals surface area contributed by atoms with E-state index in [0.29, 0.717) is 49.7 Å². The van der Waals surface area contributed by atoms with E-state index in [2.05, 4.69) is 20.6 Å². The first-order chi connectivity index (χ1) is 18.1. The summed E-state index contributed by atoms with van der Waals surface area (Å²) >= 11 is 6.67. The van der Waals surface area contributed by atoms with Crippen LogP contribution in [0.4, 0.5) is 19.4 Å². The van der Waals surface area contributed by atoms with Crippen molar-refractivity contribution < 1.29 is 23.4 Å². The van der Waals surface area contributed by atoms with Crippen LogP contribution in [0, 0.1) is 11.6 Å². The first kappa shape index (κ1) is 28.2. The lowest BCUT2D eigenvalue weighted by Gasteiger charge is -2.22. The number of nitrogens with one attached hydrogen (secondary N) is 2. The van der Waals surface area contributed by atoms with E-state index >= 15 is 0 Å². The van der Waals surface area contributed by atoms with Crippen molar-refractivity contribution in [3.8, 4) is 0 Å². The molecule has 38 heavy (non-hydrogen) atoms. The number of anilines is 1. The fourth-order valence-electron chi connectivity index (χ4n) is 4.91. The van der Waals surface area contributed by atoms with Crippen LogP contribution in [0.3, 0.4) is 0 Å². The molecule has 206 valence electrons. The van der Waals surface area contributed by atoms with E-state index in [9.17, 15) is 18.7 Å². The van der Waals surface area contributed by atoms with E-state index in [1.54, 1.807) is 31.7 Å². The molecule has 11 heteroatoms. The van der Waals surface area contributed by atoms with Gasteiger partial charge in [-0.25, -0.2) is 18.3 Å². The van der Waals surface area contributed by atoms with Crippen LogP contribution >= 0.6 is 11.6 Å². The molecule has 1 aromatic carbocycles. The molecule has 2 aliphatic rings. The van der Waals surface area contributed by atoms with Crippen molar-refractivity contribution in [2.75, 3.05) is 38.7 Å². The van der Waals surface area contributed by atoms with E-state index < -0.39 is 23.3 Å². The molecule has 1 unspecified atom stereocenters. The van der Waals surface area contributed by atoms with E-state index in [0.717, 1.165) is 6.07 Å². The Hall–Kier alpha value is -2.79. The minimum absolute atomic E-state index is 0.158. The molecule has 1 fully saturated rings. The maximum Gasteiger partial charge on any atom is 0.320 e. The molecule has 8 nitrogen and oxygen atoms in total. The molecule has 2 amide bonds. The number of hydrogen-bond acceptors (Lipinski definition) is 5. The summed E-state index contributed by atoms with van der Waals surface area (Å²) in [6.07, 6.45) is 8.68. The number of carbonyl (C=O) groups excluding carboxylic acids is 1. The van der Waals surface area contributed by atoms with Crippen molar-refractivity contribution in [2.45, 2.75) is 50.3 Å². The van der Waals surface area contributed by atoms with Gasteiger partial charge < -0.3 is 15.2 Å². The van der Waals surface area contributed by atoms with Gasteiger partial charge in [0.05, 0.1) is 30.0 Å². The Bertz CT molecular complexity index is 1210. The zero-order chi connectivity index (χ0) is 27.4. The highest BCUT2D eigenvalue weighted by atomic mass is 35.5. The lowest BCUT2D eigenvalue weighted by atomic mass is 9.94. The standard InChI is InChI=1S/C27H34ClF2N5O3/c1-27(2,37)14-22-24(28)25(35(33-22)18-7-5-4-6-8-18)32-26(36)31-23-16-34(11-12-38-3)15-19(23)17-9-10-20(29)21(30)13-17/h4-7,9-10,13,18-19,23,37H,8,11-12,14-16H2,1-3H3,(H2,31,32,36)/t18?,19-,23+/m0/s1. The molecule has 3 N–H and O–H groups in total. The number of rotatable bonds is 9. The predicted octanol–water partition coefficient (Wildman–Crippen LogP) is 4.42. The smallest absolute Gasteiger partial charge is 0.320 e. The van der Waals surface area contributed by atoms with Gasteiger partial charge in [0.15, 0.2) is 17.5 Å². The second-order valence-corrected chi connectivity index (χ2v) is 10.8. The van der Waals surface area contributed by atoms with Crippen molar-refractivity contribution >= 4 is 23.4 Å². The summed E-state index contributed by atoms with van der Waals surface area (Å²) in [5.74, 6) is -1.77. The molecule has 4 rings (SSSR count). The van der Waals surface area contributed by atoms with Crippen molar-refractivity contribution in [3.05, 3.63) is 70.4 Å². The number of carbonyl (C=O) groups is 1. The van der Waals surface area contributed by atoms with Gasteiger partial charge in [-0.05, 0) is 38.0 Å². The number of allylic oxidation sites excluding steroid dienone is 4. The molecule has 1 aromatic heterocycles. The van der Waals surface area contributed by atoms with Crippen LogP contribution in [-0.4, -0.2) is 70.8 Å². The molecule has 0 spiro atoms. The minimum atomic E-state index is -1.04. The van der Waals surface area contributed by atoms with Gasteiger partial charge in [-0.3, -0.25) is 10.2 Å². The highest BCUT2D eigenvalue weighted by molar-refractivity contribution is 6.34. The molecule has 2 heterocycles. The maximum absolute atomic E-state index is 14.0. The predicted molar refractivity (Wildman–Crippen MR) is 143 cm³/mol. The van der Waals surface area contributed by atoms with Crippen LogP contribution in [0.25, 0.3) is 0 Å². The molecule has 1 saturated heterocycles. The molecular formula is C27H34ClF2N5O3. The number of likely N-dealkylation sites (tertiary alicyclic amines) is 1. The lowest BCUT2D eigenvalue weighted by molar-refractivity contribution is 0.0797. The quantitative estimate of drug-likeness (QED) is 0.431. The van der Waals surface area contributed by atoms with Crippen molar-refractivity contribution in [3.63, 3.8) is 0 Å². The number of aliphatic hydroxyl groups is 1. The number of hydrogen-bond donors (Lipinski definition) is 3. The van der Waals surface area contributed by atoms with Crippen LogP contribution < -0.4 is 10.6 Å². The van der Waals surface area contributed by atoms with Crippen molar-refractivity contribution in [1.29, 1.82) is 0 Å². The monoisotopic (exact) mass is 549 g/mol. The Morgan fingerprint density at radius 1 is 1.26 bits per heavy atom. The third-order valence-electron chi connectivity index (χ3n) is 6.72. The summed E-state index contributed by atoms with van der Waals surface area (Å²) in [6, 6.07) is 2.81. The number of aromatic nitrogens is 2. The second-order valence-electron chi connectivity index (χ2n) is 10.4.